The van der Waals surface area contributed by atoms with Crippen LogP contribution in [-0.4, -0.2) is 21.8 Å². The van der Waals surface area contributed by atoms with Gasteiger partial charge in [-0.25, -0.2) is 4.98 Å². The largest absolute Gasteiger partial charge is 0.446 e. The van der Waals surface area contributed by atoms with Crippen LogP contribution in [0.2, 0.25) is 0 Å². The number of nitrogens with zero attached hydrogens (tertiary/aromatic N) is 2. The molecule has 7 heteroatoms. The zero-order chi connectivity index (χ0) is 20.1. The van der Waals surface area contributed by atoms with Gasteiger partial charge in [0.05, 0.1) is 11.9 Å². The lowest BCUT2D eigenvalue weighted by Gasteiger charge is -2.20. The monoisotopic (exact) mass is 384 g/mol. The number of anilines is 1. The number of carbonyl (C=O) groups excluding carboxylic acids is 2. The number of hydrogen-bond donors (Lipinski definition) is 2. The molecule has 0 bridgehead atoms. The van der Waals surface area contributed by atoms with Gasteiger partial charge in [0.25, 0.3) is 5.91 Å². The van der Waals surface area contributed by atoms with Gasteiger partial charge in [-0.1, -0.05) is 26.7 Å². The van der Waals surface area contributed by atoms with Gasteiger partial charge < -0.3 is 15.1 Å². The summed E-state index contributed by atoms with van der Waals surface area (Å²) in [4.78, 5) is 33.3. The molecule has 1 fully saturated rings. The summed E-state index contributed by atoms with van der Waals surface area (Å²) < 4.78 is 5.53. The number of oxazole rings is 1. The van der Waals surface area contributed by atoms with Crippen molar-refractivity contribution in [3.05, 3.63) is 41.9 Å². The Hall–Kier alpha value is -2.70. The second kappa shape index (κ2) is 8.99. The van der Waals surface area contributed by atoms with Crippen molar-refractivity contribution in [1.29, 1.82) is 0 Å². The number of rotatable bonds is 7. The Kier molecular flexibility index (Phi) is 6.44. The molecule has 1 saturated carbocycles. The molecule has 7 nitrogen and oxygen atoms in total. The Morgan fingerprint density at radius 3 is 2.64 bits per heavy atom. The maximum Gasteiger partial charge on any atom is 0.277 e. The van der Waals surface area contributed by atoms with Crippen LogP contribution in [0.1, 0.15) is 74.1 Å². The Morgan fingerprint density at radius 1 is 1.25 bits per heavy atom. The predicted molar refractivity (Wildman–Crippen MR) is 106 cm³/mol. The molecule has 1 aliphatic carbocycles. The molecule has 150 valence electrons. The van der Waals surface area contributed by atoms with E-state index in [4.69, 9.17) is 4.42 Å². The van der Waals surface area contributed by atoms with Crippen LogP contribution in [0.25, 0.3) is 0 Å². The molecule has 28 heavy (non-hydrogen) atoms. The maximum absolute atomic E-state index is 12.4. The number of carbonyl (C=O) groups is 2. The first kappa shape index (κ1) is 20.0. The van der Waals surface area contributed by atoms with Crippen LogP contribution < -0.4 is 10.6 Å². The first-order valence-electron chi connectivity index (χ1n) is 9.91. The van der Waals surface area contributed by atoms with E-state index >= 15 is 0 Å². The Balaban J connectivity index is 1.63. The van der Waals surface area contributed by atoms with Crippen LogP contribution in [-0.2, 0) is 4.79 Å². The highest BCUT2D eigenvalue weighted by Crippen LogP contribution is 2.28. The van der Waals surface area contributed by atoms with Crippen LogP contribution in [0.4, 0.5) is 5.69 Å². The summed E-state index contributed by atoms with van der Waals surface area (Å²) >= 11 is 0. The van der Waals surface area contributed by atoms with Gasteiger partial charge in [-0.05, 0) is 43.7 Å². The molecule has 0 saturated heterocycles. The zero-order valence-corrected chi connectivity index (χ0v) is 16.7. The van der Waals surface area contributed by atoms with E-state index in [9.17, 15) is 9.59 Å². The van der Waals surface area contributed by atoms with Crippen LogP contribution >= 0.6 is 0 Å². The van der Waals surface area contributed by atoms with E-state index in [0.29, 0.717) is 23.9 Å². The third-order valence-electron chi connectivity index (χ3n) is 5.12. The quantitative estimate of drug-likeness (QED) is 0.751. The van der Waals surface area contributed by atoms with Gasteiger partial charge in [-0.3, -0.25) is 14.6 Å². The molecular formula is C21H28N4O3. The second-order valence-electron chi connectivity index (χ2n) is 7.86. The molecule has 2 heterocycles. The molecule has 0 unspecified atom stereocenters. The fourth-order valence-electron chi connectivity index (χ4n) is 3.49. The van der Waals surface area contributed by atoms with E-state index in [0.717, 1.165) is 18.5 Å². The van der Waals surface area contributed by atoms with E-state index in [1.165, 1.54) is 19.1 Å². The minimum Gasteiger partial charge on any atom is -0.446 e. The Morgan fingerprint density at radius 2 is 2.00 bits per heavy atom. The van der Waals surface area contributed by atoms with Gasteiger partial charge in [-0.2, -0.15) is 0 Å². The van der Waals surface area contributed by atoms with Crippen LogP contribution in [0.3, 0.4) is 0 Å². The van der Waals surface area contributed by atoms with E-state index in [1.807, 2.05) is 26.8 Å². The molecular weight excluding hydrogens is 356 g/mol. The average molecular weight is 384 g/mol. The molecule has 0 radical (unpaired) electrons. The van der Waals surface area contributed by atoms with E-state index in [-0.39, 0.29) is 29.5 Å². The van der Waals surface area contributed by atoms with Crippen LogP contribution in [0, 0.1) is 18.8 Å². The molecule has 2 aromatic rings. The standard InChI is InChI=1S/C21H28N4O3/c1-13(2)19(25-18(26)10-15-6-4-5-7-15)21-24-17(12-28-21)20(27)23-16-9-8-14(3)22-11-16/h8-9,11-13,15,19H,4-7,10H2,1-3H3,(H,23,27)(H,25,26)/t19-/m1/s1. The van der Waals surface area contributed by atoms with E-state index < -0.39 is 0 Å². The van der Waals surface area contributed by atoms with Gasteiger partial charge in [0.15, 0.2) is 5.69 Å². The van der Waals surface area contributed by atoms with Gasteiger partial charge in [-0.15, -0.1) is 0 Å². The highest BCUT2D eigenvalue weighted by molar-refractivity contribution is 6.02. The number of aryl methyl sites for hydroxylation is 1. The molecule has 1 aliphatic rings. The van der Waals surface area contributed by atoms with Crippen molar-refractivity contribution < 1.29 is 14.0 Å². The molecule has 2 aromatic heterocycles. The highest BCUT2D eigenvalue weighted by atomic mass is 16.3. The van der Waals surface area contributed by atoms with E-state index in [2.05, 4.69) is 20.6 Å². The fourth-order valence-corrected chi connectivity index (χ4v) is 3.49. The predicted octanol–water partition coefficient (Wildman–Crippen LogP) is 4.02. The SMILES string of the molecule is Cc1ccc(NC(=O)c2coc([C@H](NC(=O)CC3CCCC3)C(C)C)n2)cn1. The lowest BCUT2D eigenvalue weighted by atomic mass is 10.0. The molecule has 0 spiro atoms. The number of pyridine rings is 1. The van der Waals surface area contributed by atoms with Crippen molar-refractivity contribution in [3.63, 3.8) is 0 Å². The lowest BCUT2D eigenvalue weighted by Crippen LogP contribution is -2.33. The lowest BCUT2D eigenvalue weighted by molar-refractivity contribution is -0.123. The third-order valence-corrected chi connectivity index (χ3v) is 5.12. The van der Waals surface area contributed by atoms with Crippen molar-refractivity contribution >= 4 is 17.5 Å². The number of nitrogens with one attached hydrogen (secondary N) is 2. The third kappa shape index (κ3) is 5.18. The zero-order valence-electron chi connectivity index (χ0n) is 16.7. The van der Waals surface area contributed by atoms with Crippen molar-refractivity contribution in [2.45, 2.75) is 58.9 Å². The number of aromatic nitrogens is 2. The molecule has 3 rings (SSSR count). The van der Waals surface area contributed by atoms with Gasteiger partial charge in [0.2, 0.25) is 11.8 Å². The second-order valence-corrected chi connectivity index (χ2v) is 7.86. The summed E-state index contributed by atoms with van der Waals surface area (Å²) in [6, 6.07) is 3.23. The van der Waals surface area contributed by atoms with Crippen molar-refractivity contribution in [2.75, 3.05) is 5.32 Å². The molecule has 2 N–H and O–H groups in total. The summed E-state index contributed by atoms with van der Waals surface area (Å²) in [7, 11) is 0. The van der Waals surface area contributed by atoms with Gasteiger partial charge >= 0.3 is 0 Å². The molecule has 1 atom stereocenters. The topological polar surface area (TPSA) is 97.1 Å². The molecule has 0 aliphatic heterocycles. The van der Waals surface area contributed by atoms with Crippen LogP contribution in [0.5, 0.6) is 0 Å². The first-order valence-corrected chi connectivity index (χ1v) is 9.91. The highest BCUT2D eigenvalue weighted by Gasteiger charge is 2.26. The minimum atomic E-state index is -0.375. The maximum atomic E-state index is 12.4. The summed E-state index contributed by atoms with van der Waals surface area (Å²) in [5.41, 5.74) is 1.63. The van der Waals surface area contributed by atoms with Gasteiger partial charge in [0.1, 0.15) is 12.3 Å². The van der Waals surface area contributed by atoms with Crippen LogP contribution in [0.15, 0.2) is 29.0 Å². The Labute approximate surface area is 165 Å². The summed E-state index contributed by atoms with van der Waals surface area (Å²) in [5, 5.41) is 5.78. The minimum absolute atomic E-state index is 0.0144. The summed E-state index contributed by atoms with van der Waals surface area (Å²) in [6.45, 7) is 5.85. The number of hydrogen-bond acceptors (Lipinski definition) is 5. The van der Waals surface area contributed by atoms with Crippen molar-refractivity contribution in [2.24, 2.45) is 11.8 Å². The molecule has 2 amide bonds. The molecule has 0 aromatic carbocycles. The fraction of sp³-hybridized carbons (Fsp3) is 0.524. The Bertz CT molecular complexity index is 807. The van der Waals surface area contributed by atoms with Crippen molar-refractivity contribution in [1.82, 2.24) is 15.3 Å². The van der Waals surface area contributed by atoms with Crippen molar-refractivity contribution in [3.8, 4) is 0 Å². The normalized spacial score (nSPS) is 15.6. The number of amides is 2. The van der Waals surface area contributed by atoms with E-state index in [1.54, 1.807) is 12.3 Å². The summed E-state index contributed by atoms with van der Waals surface area (Å²) in [5.74, 6) is 0.549. The summed E-state index contributed by atoms with van der Waals surface area (Å²) in [6.07, 6.45) is 8.12. The first-order chi connectivity index (χ1) is 13.4. The smallest absolute Gasteiger partial charge is 0.277 e. The average Bonchev–Trinajstić information content (AvgIpc) is 3.33. The van der Waals surface area contributed by atoms with Gasteiger partial charge in [0, 0.05) is 12.1 Å².